The van der Waals surface area contributed by atoms with E-state index in [0.29, 0.717) is 12.2 Å². The molecule has 2 aromatic carbocycles. The zero-order valence-corrected chi connectivity index (χ0v) is 12.9. The molecule has 0 unspecified atom stereocenters. The summed E-state index contributed by atoms with van der Waals surface area (Å²) in [7, 11) is 0. The van der Waals surface area contributed by atoms with E-state index in [9.17, 15) is 0 Å². The molecule has 104 valence electrons. The number of hydrogen-bond donors (Lipinski definition) is 0. The lowest BCUT2D eigenvalue weighted by Crippen LogP contribution is -2.07. The summed E-state index contributed by atoms with van der Waals surface area (Å²) in [5, 5.41) is 10.1. The molecule has 0 spiro atoms. The number of nitriles is 1. The summed E-state index contributed by atoms with van der Waals surface area (Å²) < 4.78 is 8.88. The van der Waals surface area contributed by atoms with Gasteiger partial charge < -0.3 is 9.30 Å². The third kappa shape index (κ3) is 2.93. The highest BCUT2D eigenvalue weighted by atomic mass is 79.9. The van der Waals surface area contributed by atoms with Crippen molar-refractivity contribution in [1.82, 2.24) is 4.57 Å². The lowest BCUT2D eigenvalue weighted by Gasteiger charge is -2.08. The third-order valence-corrected chi connectivity index (χ3v) is 3.88. The average Bonchev–Trinajstić information content (AvgIpc) is 2.92. The summed E-state index contributed by atoms with van der Waals surface area (Å²) in [6, 6.07) is 17.8. The molecule has 0 bridgehead atoms. The fourth-order valence-electron chi connectivity index (χ4n) is 2.31. The summed E-state index contributed by atoms with van der Waals surface area (Å²) >= 11 is 3.40. The van der Waals surface area contributed by atoms with Crippen LogP contribution in [0.4, 0.5) is 0 Å². The zero-order valence-electron chi connectivity index (χ0n) is 11.3. The van der Waals surface area contributed by atoms with Crippen molar-refractivity contribution in [2.75, 3.05) is 6.61 Å². The van der Waals surface area contributed by atoms with Crippen LogP contribution < -0.4 is 4.74 Å². The summed E-state index contributed by atoms with van der Waals surface area (Å²) in [6.45, 7) is 1.33. The van der Waals surface area contributed by atoms with Gasteiger partial charge >= 0.3 is 0 Å². The van der Waals surface area contributed by atoms with Crippen LogP contribution in [0.15, 0.2) is 59.2 Å². The number of nitrogens with zero attached hydrogens (tertiary/aromatic N) is 2. The highest BCUT2D eigenvalue weighted by molar-refractivity contribution is 9.10. The number of fused-ring (bicyclic) bond motifs is 1. The van der Waals surface area contributed by atoms with Gasteiger partial charge in [-0.2, -0.15) is 5.26 Å². The molecule has 0 aliphatic rings. The van der Waals surface area contributed by atoms with E-state index in [4.69, 9.17) is 10.00 Å². The first-order chi connectivity index (χ1) is 10.3. The second-order valence-electron chi connectivity index (χ2n) is 4.66. The molecular formula is C17H13BrN2O. The largest absolute Gasteiger partial charge is 0.492 e. The van der Waals surface area contributed by atoms with Crippen molar-refractivity contribution in [3.63, 3.8) is 0 Å². The van der Waals surface area contributed by atoms with Crippen LogP contribution in [0, 0.1) is 11.3 Å². The van der Waals surface area contributed by atoms with E-state index in [-0.39, 0.29) is 0 Å². The zero-order chi connectivity index (χ0) is 14.7. The van der Waals surface area contributed by atoms with Gasteiger partial charge in [0.1, 0.15) is 12.4 Å². The molecule has 0 fully saturated rings. The van der Waals surface area contributed by atoms with Crippen molar-refractivity contribution < 1.29 is 4.74 Å². The Morgan fingerprint density at radius 3 is 2.67 bits per heavy atom. The molecular weight excluding hydrogens is 328 g/mol. The molecule has 0 aliphatic heterocycles. The Bertz CT molecular complexity index is 800. The van der Waals surface area contributed by atoms with Crippen molar-refractivity contribution in [2.24, 2.45) is 0 Å². The third-order valence-electron chi connectivity index (χ3n) is 3.35. The molecule has 21 heavy (non-hydrogen) atoms. The monoisotopic (exact) mass is 340 g/mol. The van der Waals surface area contributed by atoms with E-state index in [1.165, 1.54) is 0 Å². The van der Waals surface area contributed by atoms with Crippen molar-refractivity contribution in [3.8, 4) is 11.8 Å². The first kappa shape index (κ1) is 13.7. The molecule has 1 aromatic heterocycles. The Morgan fingerprint density at radius 1 is 1.10 bits per heavy atom. The van der Waals surface area contributed by atoms with Gasteiger partial charge in [-0.1, -0.05) is 22.0 Å². The highest BCUT2D eigenvalue weighted by Gasteiger charge is 2.05. The Morgan fingerprint density at radius 2 is 1.90 bits per heavy atom. The Kier molecular flexibility index (Phi) is 3.94. The Labute approximate surface area is 131 Å². The number of benzene rings is 2. The fourth-order valence-corrected chi connectivity index (χ4v) is 2.57. The molecule has 0 N–H and O–H groups in total. The van der Waals surface area contributed by atoms with Gasteiger partial charge in [-0.25, -0.2) is 0 Å². The van der Waals surface area contributed by atoms with Gasteiger partial charge in [0.25, 0.3) is 0 Å². The minimum absolute atomic E-state index is 0.586. The van der Waals surface area contributed by atoms with Gasteiger partial charge in [-0.15, -0.1) is 0 Å². The average molecular weight is 341 g/mol. The van der Waals surface area contributed by atoms with Crippen LogP contribution in [0.3, 0.4) is 0 Å². The highest BCUT2D eigenvalue weighted by Crippen LogP contribution is 2.20. The van der Waals surface area contributed by atoms with Crippen LogP contribution in [0.2, 0.25) is 0 Å². The van der Waals surface area contributed by atoms with Crippen LogP contribution in [0.5, 0.6) is 5.75 Å². The quantitative estimate of drug-likeness (QED) is 0.707. The molecule has 3 nitrogen and oxygen atoms in total. The predicted molar refractivity (Wildman–Crippen MR) is 86.3 cm³/mol. The lowest BCUT2D eigenvalue weighted by molar-refractivity contribution is 0.300. The van der Waals surface area contributed by atoms with Gasteiger partial charge in [-0.3, -0.25) is 0 Å². The molecule has 0 amide bonds. The topological polar surface area (TPSA) is 38.0 Å². The summed E-state index contributed by atoms with van der Waals surface area (Å²) in [4.78, 5) is 0. The first-order valence-electron chi connectivity index (χ1n) is 6.64. The number of hydrogen-bond acceptors (Lipinski definition) is 2. The number of aromatic nitrogens is 1. The van der Waals surface area contributed by atoms with E-state index in [0.717, 1.165) is 27.7 Å². The molecule has 0 atom stereocenters. The van der Waals surface area contributed by atoms with Crippen LogP contribution in [0.25, 0.3) is 10.9 Å². The van der Waals surface area contributed by atoms with Gasteiger partial charge in [0.05, 0.1) is 18.2 Å². The van der Waals surface area contributed by atoms with Crippen LogP contribution in [0.1, 0.15) is 5.56 Å². The van der Waals surface area contributed by atoms with Gasteiger partial charge in [0, 0.05) is 21.6 Å². The van der Waals surface area contributed by atoms with E-state index in [2.05, 4.69) is 26.6 Å². The van der Waals surface area contributed by atoms with Crippen molar-refractivity contribution >= 4 is 26.8 Å². The second-order valence-corrected chi connectivity index (χ2v) is 5.58. The predicted octanol–water partition coefficient (Wildman–Crippen LogP) is 4.35. The van der Waals surface area contributed by atoms with E-state index < -0.39 is 0 Å². The van der Waals surface area contributed by atoms with Crippen molar-refractivity contribution in [2.45, 2.75) is 6.54 Å². The standard InChI is InChI=1S/C17H13BrN2O/c18-14-4-6-15(7-5-14)21-11-10-20-9-8-16-13(12-19)2-1-3-17(16)20/h1-9H,10-11H2. The fraction of sp³-hybridized carbons (Fsp3) is 0.118. The number of rotatable bonds is 4. The van der Waals surface area contributed by atoms with Gasteiger partial charge in [0.2, 0.25) is 0 Å². The Hall–Kier alpha value is -2.25. The molecule has 0 saturated carbocycles. The van der Waals surface area contributed by atoms with Crippen LogP contribution in [-0.2, 0) is 6.54 Å². The summed E-state index contributed by atoms with van der Waals surface area (Å²) in [5.74, 6) is 0.854. The molecule has 0 radical (unpaired) electrons. The van der Waals surface area contributed by atoms with E-state index >= 15 is 0 Å². The van der Waals surface area contributed by atoms with E-state index in [1.807, 2.05) is 54.7 Å². The minimum Gasteiger partial charge on any atom is -0.492 e. The van der Waals surface area contributed by atoms with Crippen LogP contribution >= 0.6 is 15.9 Å². The number of halogens is 1. The molecule has 0 aliphatic carbocycles. The van der Waals surface area contributed by atoms with Crippen molar-refractivity contribution in [1.29, 1.82) is 5.26 Å². The molecule has 0 saturated heterocycles. The van der Waals surface area contributed by atoms with E-state index in [1.54, 1.807) is 0 Å². The molecule has 3 aromatic rings. The maximum absolute atomic E-state index is 9.10. The molecule has 4 heteroatoms. The smallest absolute Gasteiger partial charge is 0.119 e. The van der Waals surface area contributed by atoms with Crippen molar-refractivity contribution in [3.05, 3.63) is 64.8 Å². The SMILES string of the molecule is N#Cc1cccc2c1ccn2CCOc1ccc(Br)cc1. The number of ether oxygens (including phenoxy) is 1. The molecule has 3 rings (SSSR count). The summed E-state index contributed by atoms with van der Waals surface area (Å²) in [5.41, 5.74) is 1.77. The van der Waals surface area contributed by atoms with Gasteiger partial charge in [0.15, 0.2) is 0 Å². The normalized spacial score (nSPS) is 10.5. The molecule has 1 heterocycles. The second kappa shape index (κ2) is 6.02. The van der Waals surface area contributed by atoms with Crippen LogP contribution in [-0.4, -0.2) is 11.2 Å². The minimum atomic E-state index is 0.586. The van der Waals surface area contributed by atoms with Gasteiger partial charge in [-0.05, 0) is 42.5 Å². The summed E-state index contributed by atoms with van der Waals surface area (Å²) in [6.07, 6.45) is 2.00. The maximum atomic E-state index is 9.10. The Balaban J connectivity index is 1.71. The first-order valence-corrected chi connectivity index (χ1v) is 7.43. The maximum Gasteiger partial charge on any atom is 0.119 e. The lowest BCUT2D eigenvalue weighted by atomic mass is 10.1.